The summed E-state index contributed by atoms with van der Waals surface area (Å²) >= 11 is 2.44. The van der Waals surface area contributed by atoms with Crippen molar-refractivity contribution in [2.45, 2.75) is 38.1 Å². The second-order valence-corrected chi connectivity index (χ2v) is 9.96. The minimum atomic E-state index is -0.638. The predicted molar refractivity (Wildman–Crippen MR) is 125 cm³/mol. The van der Waals surface area contributed by atoms with Gasteiger partial charge in [-0.3, -0.25) is 4.79 Å². The van der Waals surface area contributed by atoms with E-state index in [1.165, 1.54) is 16.0 Å². The molecule has 34 heavy (non-hydrogen) atoms. The lowest BCUT2D eigenvalue weighted by Gasteiger charge is -2.18. The van der Waals surface area contributed by atoms with Crippen LogP contribution in [0.25, 0.3) is 5.69 Å². The molecule has 0 saturated carbocycles. The molecule has 2 heterocycles. The molecule has 9 nitrogen and oxygen atoms in total. The summed E-state index contributed by atoms with van der Waals surface area (Å²) in [4.78, 5) is 26.6. The summed E-state index contributed by atoms with van der Waals surface area (Å²) in [6.45, 7) is 4.19. The smallest absolute Gasteiger partial charge is 0.341 e. The van der Waals surface area contributed by atoms with E-state index in [9.17, 15) is 14.7 Å². The summed E-state index contributed by atoms with van der Waals surface area (Å²) in [6, 6.07) is 6.93. The Morgan fingerprint density at radius 1 is 1.35 bits per heavy atom. The van der Waals surface area contributed by atoms with E-state index in [4.69, 9.17) is 14.0 Å². The highest BCUT2D eigenvalue weighted by Crippen LogP contribution is 2.40. The molecule has 0 bridgehead atoms. The first kappa shape index (κ1) is 24.1. The second kappa shape index (κ2) is 10.5. The number of hydrogen-bond acceptors (Lipinski definition) is 9. The number of esters is 1. The summed E-state index contributed by atoms with van der Waals surface area (Å²) in [6.07, 6.45) is 2.65. The number of carbonyl (C=O) groups excluding carboxylic acids is 2. The number of rotatable bonds is 8. The second-order valence-electron chi connectivity index (χ2n) is 7.89. The average Bonchev–Trinajstić information content (AvgIpc) is 3.37. The summed E-state index contributed by atoms with van der Waals surface area (Å²) in [5.41, 5.74) is 2.02. The Morgan fingerprint density at radius 3 is 2.82 bits per heavy atom. The number of nitrogens with one attached hydrogen (secondary N) is 1. The molecule has 1 unspecified atom stereocenters. The van der Waals surface area contributed by atoms with Crippen molar-refractivity contribution in [3.05, 3.63) is 40.3 Å². The van der Waals surface area contributed by atoms with Crippen molar-refractivity contribution < 1.29 is 33.4 Å². The molecule has 11 heteroatoms. The van der Waals surface area contributed by atoms with Crippen LogP contribution in [0.3, 0.4) is 0 Å². The van der Waals surface area contributed by atoms with Gasteiger partial charge in [0.2, 0.25) is 11.6 Å². The molecule has 0 radical (unpaired) electrons. The molecule has 180 valence electrons. The third-order valence-electron chi connectivity index (χ3n) is 5.47. The van der Waals surface area contributed by atoms with E-state index in [2.05, 4.69) is 17.5 Å². The van der Waals surface area contributed by atoms with Gasteiger partial charge in [-0.15, -0.1) is 11.3 Å². The van der Waals surface area contributed by atoms with E-state index >= 15 is 0 Å². The lowest BCUT2D eigenvalue weighted by Crippen LogP contribution is -2.35. The number of benzene rings is 1. The first-order valence-electron chi connectivity index (χ1n) is 10.9. The Labute approximate surface area is 205 Å². The molecule has 0 spiro atoms. The molecular weight excluding hydrogens is 478 g/mol. The highest BCUT2D eigenvalue weighted by Gasteiger charge is 2.29. The molecule has 1 amide bonds. The van der Waals surface area contributed by atoms with Gasteiger partial charge in [0.05, 0.1) is 30.3 Å². The minimum absolute atomic E-state index is 0.0617. The molecule has 1 aliphatic rings. The number of thiophene rings is 1. The zero-order valence-corrected chi connectivity index (χ0v) is 20.7. The average molecular weight is 504 g/mol. The van der Waals surface area contributed by atoms with Gasteiger partial charge < -0.3 is 24.4 Å². The first-order chi connectivity index (χ1) is 16.4. The van der Waals surface area contributed by atoms with Crippen LogP contribution < -0.4 is 19.8 Å². The fourth-order valence-electron chi connectivity index (χ4n) is 3.80. The molecule has 0 fully saturated rings. The van der Waals surface area contributed by atoms with Crippen LogP contribution in [0.4, 0.5) is 5.00 Å². The topological polar surface area (TPSA) is 118 Å². The van der Waals surface area contributed by atoms with Crippen LogP contribution in [0.1, 0.15) is 41.1 Å². The number of aromatic nitrogens is 2. The number of hydrogen-bond donors (Lipinski definition) is 1. The van der Waals surface area contributed by atoms with Gasteiger partial charge in [-0.25, -0.2) is 4.79 Å². The molecule has 1 aliphatic carbocycles. The zero-order valence-electron chi connectivity index (χ0n) is 19.1. The van der Waals surface area contributed by atoms with Gasteiger partial charge in [-0.2, -0.15) is 0 Å². The molecule has 4 rings (SSSR count). The number of ether oxygens (including phenoxy) is 2. The Morgan fingerprint density at radius 2 is 2.12 bits per heavy atom. The highest BCUT2D eigenvalue weighted by atomic mass is 32.2. The number of fused-ring (bicyclic) bond motifs is 1. The predicted octanol–water partition coefficient (Wildman–Crippen LogP) is 3.13. The third kappa shape index (κ3) is 5.05. The van der Waals surface area contributed by atoms with Crippen LogP contribution in [0.2, 0.25) is 0 Å². The van der Waals surface area contributed by atoms with Crippen LogP contribution in [0.5, 0.6) is 11.7 Å². The van der Waals surface area contributed by atoms with Gasteiger partial charge in [0, 0.05) is 17.0 Å². The van der Waals surface area contributed by atoms with E-state index < -0.39 is 11.9 Å². The normalized spacial score (nSPS) is 15.0. The highest BCUT2D eigenvalue weighted by molar-refractivity contribution is 7.99. The largest absolute Gasteiger partial charge is 0.538 e. The minimum Gasteiger partial charge on any atom is -0.538 e. The van der Waals surface area contributed by atoms with Crippen LogP contribution in [-0.4, -0.2) is 36.6 Å². The zero-order chi connectivity index (χ0) is 24.2. The van der Waals surface area contributed by atoms with Crippen molar-refractivity contribution in [3.8, 4) is 17.4 Å². The number of anilines is 1. The number of methoxy groups -OCH3 is 1. The first-order valence-corrected chi connectivity index (χ1v) is 12.7. The van der Waals surface area contributed by atoms with Crippen molar-refractivity contribution in [3.63, 3.8) is 0 Å². The lowest BCUT2D eigenvalue weighted by molar-refractivity contribution is -0.705. The van der Waals surface area contributed by atoms with Crippen molar-refractivity contribution >= 4 is 40.0 Å². The van der Waals surface area contributed by atoms with Crippen LogP contribution in [0, 0.1) is 5.92 Å². The molecule has 0 saturated heterocycles. The maximum Gasteiger partial charge on any atom is 0.341 e. The van der Waals surface area contributed by atoms with Crippen molar-refractivity contribution in [1.82, 2.24) is 5.27 Å². The van der Waals surface area contributed by atoms with Crippen molar-refractivity contribution in [1.29, 1.82) is 0 Å². The van der Waals surface area contributed by atoms with Crippen molar-refractivity contribution in [2.75, 3.05) is 24.8 Å². The number of nitrogens with zero attached hydrogens (tertiary/aromatic N) is 2. The van der Waals surface area contributed by atoms with Gasteiger partial charge in [0.1, 0.15) is 10.8 Å². The van der Waals surface area contributed by atoms with Gasteiger partial charge in [-0.1, -0.05) is 6.92 Å². The van der Waals surface area contributed by atoms with E-state index in [-0.39, 0.29) is 23.3 Å². The molecule has 1 aromatic carbocycles. The van der Waals surface area contributed by atoms with Crippen LogP contribution >= 0.6 is 23.1 Å². The quantitative estimate of drug-likeness (QED) is 0.283. The fraction of sp³-hybridized carbons (Fsp3) is 0.391. The summed E-state index contributed by atoms with van der Waals surface area (Å²) < 4.78 is 16.6. The van der Waals surface area contributed by atoms with Crippen molar-refractivity contribution in [2.24, 2.45) is 5.92 Å². The maximum atomic E-state index is 12.8. The molecule has 3 aromatic rings. The van der Waals surface area contributed by atoms with Gasteiger partial charge in [0.15, 0.2) is 5.95 Å². The molecule has 1 atom stereocenters. The van der Waals surface area contributed by atoms with Gasteiger partial charge >= 0.3 is 5.97 Å². The molecule has 1 N–H and O–H groups in total. The lowest BCUT2D eigenvalue weighted by atomic mass is 9.88. The Bertz CT molecular complexity index is 1190. The molecule has 2 aromatic heterocycles. The van der Waals surface area contributed by atoms with E-state index in [1.54, 1.807) is 38.3 Å². The number of carbonyl (C=O) groups is 2. The Balaban J connectivity index is 1.50. The monoisotopic (exact) mass is 503 g/mol. The van der Waals surface area contributed by atoms with E-state index in [0.29, 0.717) is 27.9 Å². The van der Waals surface area contributed by atoms with E-state index in [1.807, 2.05) is 0 Å². The SMILES string of the molecule is CCOC(=O)c1c(NC(=O)CSc2c([O-])on[n+]2-c2ccc(OC)cc2)sc2c1CCC(C)C2. The van der Waals surface area contributed by atoms with Crippen LogP contribution in [-0.2, 0) is 22.4 Å². The number of thioether (sulfide) groups is 1. The third-order valence-corrected chi connectivity index (χ3v) is 7.66. The van der Waals surface area contributed by atoms with E-state index in [0.717, 1.165) is 41.5 Å². The summed E-state index contributed by atoms with van der Waals surface area (Å²) in [7, 11) is 1.56. The Hall–Kier alpha value is -3.05. The fourth-order valence-corrected chi connectivity index (χ4v) is 5.97. The van der Waals surface area contributed by atoms with Crippen LogP contribution in [0.15, 0.2) is 33.8 Å². The number of amides is 1. The standard InChI is InChI=1S/C23H25N3O6S2/c1-4-31-22(28)19-16-10-5-13(2)11-17(16)34-20(19)24-18(27)12-33-21-23(29)32-25-26(21)14-6-8-15(30-3)9-7-14/h6-9,13H,4-5,10-12H2,1-3H3,(H-,24,25,27,28,29). The molecular formula is C23H25N3O6S2. The Kier molecular flexibility index (Phi) is 7.42. The summed E-state index contributed by atoms with van der Waals surface area (Å²) in [5.74, 6) is -0.276. The van der Waals surface area contributed by atoms with Gasteiger partial charge in [-0.05, 0) is 66.2 Å². The van der Waals surface area contributed by atoms with Gasteiger partial charge in [0.25, 0.3) is 5.03 Å². The molecule has 0 aliphatic heterocycles. The summed E-state index contributed by atoms with van der Waals surface area (Å²) in [5, 5.41) is 19.5. The maximum absolute atomic E-state index is 12.8.